The topological polar surface area (TPSA) is 115 Å². The summed E-state index contributed by atoms with van der Waals surface area (Å²) in [5.74, 6) is 0.472. The third kappa shape index (κ3) is 6.69. The third-order valence-electron chi connectivity index (χ3n) is 9.12. The molecule has 3 saturated heterocycles. The number of benzene rings is 2. The van der Waals surface area contributed by atoms with Crippen LogP contribution in [0.15, 0.2) is 54.9 Å². The number of ether oxygens (including phenoxy) is 2. The Morgan fingerprint density at radius 2 is 1.57 bits per heavy atom. The summed E-state index contributed by atoms with van der Waals surface area (Å²) < 4.78 is 25.9. The number of methoxy groups -OCH3 is 1. The van der Waals surface area contributed by atoms with Crippen LogP contribution < -0.4 is 19.4 Å². The summed E-state index contributed by atoms with van der Waals surface area (Å²) in [6.07, 6.45) is 1.69. The van der Waals surface area contributed by atoms with Crippen LogP contribution in [0.5, 0.6) is 5.75 Å². The van der Waals surface area contributed by atoms with E-state index < -0.39 is 24.2 Å². The van der Waals surface area contributed by atoms with Crippen LogP contribution in [-0.2, 0) is 14.3 Å². The molecule has 1 unspecified atom stereocenters. The normalized spacial score (nSPS) is 20.7. The van der Waals surface area contributed by atoms with Gasteiger partial charge in [0.15, 0.2) is 12.0 Å². The molecule has 2 amide bonds. The number of hydrogen-bond donors (Lipinski definition) is 0. The SMILES string of the molecule is COc1ccc(N2CCN(N3CCN(c4ncc(-c5ccc(N6CC(N(C)C(C)=O)OC6=O)cc5F)cn4)[C@H](C(C)=O)C3)CC2)cc1. The van der Waals surface area contributed by atoms with Gasteiger partial charge in [0.2, 0.25) is 11.9 Å². The van der Waals surface area contributed by atoms with Gasteiger partial charge >= 0.3 is 6.09 Å². The molecule has 248 valence electrons. The standard InChI is InChI=1S/C33H39FN8O5/c1-22(43)30-20-40(39-13-11-38(12-14-39)25-5-8-27(46-4)9-6-25)15-16-41(30)32-35-18-24(19-36-32)28-10-7-26(17-29(28)34)42-21-31(47-33(42)45)37(3)23(2)44/h5-10,17-19,30-31H,11-16,20-21H2,1-4H3/t30-,31?/m0/s1. The number of amides is 2. The molecule has 0 aliphatic carbocycles. The van der Waals surface area contributed by atoms with E-state index >= 15 is 4.39 Å². The predicted octanol–water partition coefficient (Wildman–Crippen LogP) is 2.87. The van der Waals surface area contributed by atoms with Gasteiger partial charge in [-0.1, -0.05) is 0 Å². The Morgan fingerprint density at radius 1 is 0.915 bits per heavy atom. The lowest BCUT2D eigenvalue weighted by atomic mass is 10.1. The molecule has 0 saturated carbocycles. The average Bonchev–Trinajstić information content (AvgIpc) is 3.49. The zero-order valence-corrected chi connectivity index (χ0v) is 27.0. The van der Waals surface area contributed by atoms with Gasteiger partial charge in [0, 0.05) is 89.0 Å². The van der Waals surface area contributed by atoms with Crippen LogP contribution in [0.3, 0.4) is 0 Å². The van der Waals surface area contributed by atoms with Crippen LogP contribution in [0.4, 0.5) is 26.5 Å². The smallest absolute Gasteiger partial charge is 0.416 e. The van der Waals surface area contributed by atoms with Crippen molar-refractivity contribution in [3.8, 4) is 16.9 Å². The molecule has 0 spiro atoms. The molecule has 1 aromatic heterocycles. The van der Waals surface area contributed by atoms with Crippen molar-refractivity contribution in [2.75, 3.05) is 81.2 Å². The molecule has 3 aromatic rings. The maximum absolute atomic E-state index is 15.3. The number of hydrazine groups is 1. The van der Waals surface area contributed by atoms with Crippen molar-refractivity contribution in [1.82, 2.24) is 24.9 Å². The number of aromatic nitrogens is 2. The van der Waals surface area contributed by atoms with E-state index in [9.17, 15) is 14.4 Å². The number of carbonyl (C=O) groups is 3. The molecule has 2 aromatic carbocycles. The summed E-state index contributed by atoms with van der Waals surface area (Å²) >= 11 is 0. The lowest BCUT2D eigenvalue weighted by molar-refractivity contribution is -0.134. The van der Waals surface area contributed by atoms with E-state index in [0.29, 0.717) is 30.3 Å². The third-order valence-corrected chi connectivity index (χ3v) is 9.12. The Hall–Kier alpha value is -4.82. The first-order chi connectivity index (χ1) is 22.6. The quantitative estimate of drug-likeness (QED) is 0.360. The highest BCUT2D eigenvalue weighted by molar-refractivity contribution is 5.90. The van der Waals surface area contributed by atoms with Crippen molar-refractivity contribution in [3.05, 3.63) is 60.7 Å². The number of cyclic esters (lactones) is 1. The van der Waals surface area contributed by atoms with Gasteiger partial charge in [-0.05, 0) is 49.4 Å². The zero-order valence-electron chi connectivity index (χ0n) is 27.0. The number of likely N-dealkylation sites (N-methyl/N-ethyl adjacent to an activating group) is 1. The van der Waals surface area contributed by atoms with Crippen molar-refractivity contribution in [2.45, 2.75) is 26.1 Å². The van der Waals surface area contributed by atoms with Crippen LogP contribution >= 0.6 is 0 Å². The highest BCUT2D eigenvalue weighted by atomic mass is 19.1. The summed E-state index contributed by atoms with van der Waals surface area (Å²) in [5, 5.41) is 4.59. The van der Waals surface area contributed by atoms with Crippen LogP contribution in [0, 0.1) is 5.82 Å². The maximum Gasteiger partial charge on any atom is 0.416 e. The van der Waals surface area contributed by atoms with E-state index in [1.165, 1.54) is 22.8 Å². The Bertz CT molecular complexity index is 1620. The Balaban J connectivity index is 1.08. The number of anilines is 3. The Labute approximate surface area is 273 Å². The van der Waals surface area contributed by atoms with Gasteiger partial charge in [-0.2, -0.15) is 0 Å². The number of piperazine rings is 2. The Kier molecular flexibility index (Phi) is 9.23. The first kappa shape index (κ1) is 32.1. The summed E-state index contributed by atoms with van der Waals surface area (Å²) in [4.78, 5) is 52.9. The van der Waals surface area contributed by atoms with Gasteiger partial charge in [0.25, 0.3) is 0 Å². The second kappa shape index (κ2) is 13.5. The van der Waals surface area contributed by atoms with E-state index in [1.807, 2.05) is 17.0 Å². The van der Waals surface area contributed by atoms with Gasteiger partial charge in [0.05, 0.1) is 19.3 Å². The highest BCUT2D eigenvalue weighted by Gasteiger charge is 2.37. The van der Waals surface area contributed by atoms with Crippen LogP contribution in [0.1, 0.15) is 13.8 Å². The minimum atomic E-state index is -0.750. The molecular weight excluding hydrogens is 607 g/mol. The number of ketones is 1. The number of hydrogen-bond acceptors (Lipinski definition) is 11. The molecule has 0 N–H and O–H groups in total. The van der Waals surface area contributed by atoms with Crippen LogP contribution in [0.25, 0.3) is 11.1 Å². The van der Waals surface area contributed by atoms with E-state index in [2.05, 4.69) is 37.0 Å². The van der Waals surface area contributed by atoms with E-state index in [0.717, 1.165) is 44.2 Å². The monoisotopic (exact) mass is 646 g/mol. The molecule has 4 heterocycles. The second-order valence-corrected chi connectivity index (χ2v) is 11.9. The van der Waals surface area contributed by atoms with Crippen molar-refractivity contribution < 1.29 is 28.2 Å². The van der Waals surface area contributed by atoms with Crippen molar-refractivity contribution in [2.24, 2.45) is 0 Å². The summed E-state index contributed by atoms with van der Waals surface area (Å²) in [6.45, 7) is 8.32. The van der Waals surface area contributed by atoms with Crippen molar-refractivity contribution in [3.63, 3.8) is 0 Å². The lowest BCUT2D eigenvalue weighted by Crippen LogP contribution is -2.63. The molecule has 3 fully saturated rings. The molecule has 47 heavy (non-hydrogen) atoms. The van der Waals surface area contributed by atoms with Crippen molar-refractivity contribution in [1.29, 1.82) is 0 Å². The summed E-state index contributed by atoms with van der Waals surface area (Å²) in [6, 6.07) is 12.1. The van der Waals surface area contributed by atoms with Gasteiger partial charge in [-0.25, -0.2) is 29.2 Å². The molecule has 0 bridgehead atoms. The van der Waals surface area contributed by atoms with E-state index in [-0.39, 0.29) is 23.8 Å². The molecule has 2 atom stereocenters. The van der Waals surface area contributed by atoms with E-state index in [1.54, 1.807) is 45.6 Å². The first-order valence-corrected chi connectivity index (χ1v) is 15.6. The number of carbonyl (C=O) groups excluding carboxylic acids is 3. The lowest BCUT2D eigenvalue weighted by Gasteiger charge is -2.47. The van der Waals surface area contributed by atoms with Crippen LogP contribution in [0.2, 0.25) is 0 Å². The molecule has 3 aliphatic rings. The largest absolute Gasteiger partial charge is 0.497 e. The Morgan fingerprint density at radius 3 is 2.19 bits per heavy atom. The summed E-state index contributed by atoms with van der Waals surface area (Å²) in [5.41, 5.74) is 2.21. The predicted molar refractivity (Wildman–Crippen MR) is 174 cm³/mol. The fraction of sp³-hybridized carbons (Fsp3) is 0.424. The minimum absolute atomic E-state index is 0.0260. The molecule has 0 radical (unpaired) electrons. The second-order valence-electron chi connectivity index (χ2n) is 11.9. The van der Waals surface area contributed by atoms with Gasteiger partial charge in [0.1, 0.15) is 17.6 Å². The number of halogens is 1. The fourth-order valence-electron chi connectivity index (χ4n) is 6.22. The molecule has 13 nitrogen and oxygen atoms in total. The van der Waals surface area contributed by atoms with Crippen molar-refractivity contribution >= 4 is 35.1 Å². The number of Topliss-reactive ketones (excluding diaryl/α,β-unsaturated/α-hetero) is 1. The van der Waals surface area contributed by atoms with Gasteiger partial charge < -0.3 is 24.2 Å². The number of rotatable bonds is 8. The van der Waals surface area contributed by atoms with E-state index in [4.69, 9.17) is 9.47 Å². The average molecular weight is 647 g/mol. The fourth-order valence-corrected chi connectivity index (χ4v) is 6.22. The van der Waals surface area contributed by atoms with Gasteiger partial charge in [-0.15, -0.1) is 0 Å². The molecular formula is C33H39FN8O5. The molecule has 6 rings (SSSR count). The summed E-state index contributed by atoms with van der Waals surface area (Å²) in [7, 11) is 3.21. The molecule has 14 heteroatoms. The number of nitrogens with zero attached hydrogens (tertiary/aromatic N) is 8. The molecule has 3 aliphatic heterocycles. The zero-order chi connectivity index (χ0) is 33.2. The minimum Gasteiger partial charge on any atom is -0.497 e. The first-order valence-electron chi connectivity index (χ1n) is 15.6. The van der Waals surface area contributed by atoms with Crippen LogP contribution in [-0.4, -0.2) is 121 Å². The maximum atomic E-state index is 15.3. The van der Waals surface area contributed by atoms with Gasteiger partial charge in [-0.3, -0.25) is 14.5 Å². The highest BCUT2D eigenvalue weighted by Crippen LogP contribution is 2.30.